The summed E-state index contributed by atoms with van der Waals surface area (Å²) < 4.78 is 16.3. The van der Waals surface area contributed by atoms with Crippen LogP contribution in [0.3, 0.4) is 0 Å². The number of aliphatic hydroxyl groups excluding tert-OH is 1. The van der Waals surface area contributed by atoms with E-state index in [9.17, 15) is 5.11 Å². The summed E-state index contributed by atoms with van der Waals surface area (Å²) in [5, 5.41) is 11.0. The van der Waals surface area contributed by atoms with Gasteiger partial charge in [-0.2, -0.15) is 4.98 Å². The quantitative estimate of drug-likeness (QED) is 0.654. The molecule has 1 aliphatic heterocycles. The van der Waals surface area contributed by atoms with Gasteiger partial charge in [0, 0.05) is 0 Å². The molecule has 0 saturated carbocycles. The molecule has 0 spiro atoms. The maximum Gasteiger partial charge on any atom is 0.231 e. The van der Waals surface area contributed by atoms with Crippen molar-refractivity contribution in [3.8, 4) is 17.2 Å². The Morgan fingerprint density at radius 1 is 1.12 bits per heavy atom. The van der Waals surface area contributed by atoms with Gasteiger partial charge in [0.1, 0.15) is 24.3 Å². The van der Waals surface area contributed by atoms with Gasteiger partial charge in [-0.15, -0.1) is 0 Å². The third-order valence-corrected chi connectivity index (χ3v) is 3.91. The SMILES string of the molecule is Nc1nc(N)c2c(OCC(O)c3ccc4c(c3)OCO4)cccc2n1. The molecule has 1 unspecified atom stereocenters. The number of rotatable bonds is 4. The van der Waals surface area contributed by atoms with Gasteiger partial charge in [0.2, 0.25) is 12.7 Å². The predicted molar refractivity (Wildman–Crippen MR) is 91.4 cm³/mol. The van der Waals surface area contributed by atoms with Gasteiger partial charge in [-0.3, -0.25) is 0 Å². The zero-order valence-electron chi connectivity index (χ0n) is 13.2. The lowest BCUT2D eigenvalue weighted by molar-refractivity contribution is 0.109. The Balaban J connectivity index is 1.56. The maximum atomic E-state index is 10.4. The first-order valence-electron chi connectivity index (χ1n) is 7.64. The van der Waals surface area contributed by atoms with Gasteiger partial charge < -0.3 is 30.8 Å². The lowest BCUT2D eigenvalue weighted by Crippen LogP contribution is -2.10. The Hall–Kier alpha value is -3.26. The predicted octanol–water partition coefficient (Wildman–Crippen LogP) is 1.64. The summed E-state index contributed by atoms with van der Waals surface area (Å²) >= 11 is 0. The number of nitrogens with zero attached hydrogens (tertiary/aromatic N) is 2. The van der Waals surface area contributed by atoms with E-state index in [2.05, 4.69) is 9.97 Å². The van der Waals surface area contributed by atoms with E-state index in [1.54, 1.807) is 36.4 Å². The summed E-state index contributed by atoms with van der Waals surface area (Å²) in [6.45, 7) is 0.215. The molecule has 0 fully saturated rings. The van der Waals surface area contributed by atoms with Crippen LogP contribution in [0.25, 0.3) is 10.9 Å². The summed E-state index contributed by atoms with van der Waals surface area (Å²) in [5.74, 6) is 2.08. The summed E-state index contributed by atoms with van der Waals surface area (Å²) in [7, 11) is 0. The van der Waals surface area contributed by atoms with Gasteiger partial charge in [0.15, 0.2) is 11.5 Å². The molecule has 0 saturated heterocycles. The number of anilines is 2. The van der Waals surface area contributed by atoms with Crippen molar-refractivity contribution in [1.82, 2.24) is 9.97 Å². The van der Waals surface area contributed by atoms with Crippen LogP contribution in [0.4, 0.5) is 11.8 Å². The third-order valence-electron chi connectivity index (χ3n) is 3.91. The van der Waals surface area contributed by atoms with Crippen molar-refractivity contribution in [3.05, 3.63) is 42.0 Å². The number of ether oxygens (including phenoxy) is 3. The number of fused-ring (bicyclic) bond motifs is 2. The van der Waals surface area contributed by atoms with Gasteiger partial charge in [-0.1, -0.05) is 12.1 Å². The van der Waals surface area contributed by atoms with Crippen molar-refractivity contribution in [3.63, 3.8) is 0 Å². The molecule has 0 aliphatic carbocycles. The molecule has 128 valence electrons. The molecule has 1 atom stereocenters. The van der Waals surface area contributed by atoms with Crippen LogP contribution in [0.1, 0.15) is 11.7 Å². The Morgan fingerprint density at radius 2 is 1.96 bits per heavy atom. The number of aromatic nitrogens is 2. The van der Waals surface area contributed by atoms with Crippen LogP contribution in [-0.2, 0) is 0 Å². The second-order valence-corrected chi connectivity index (χ2v) is 5.56. The minimum atomic E-state index is -0.847. The van der Waals surface area contributed by atoms with Gasteiger partial charge in [0.25, 0.3) is 0 Å². The Labute approximate surface area is 143 Å². The van der Waals surface area contributed by atoms with Gasteiger partial charge in [-0.25, -0.2) is 4.98 Å². The molecule has 0 amide bonds. The molecule has 5 N–H and O–H groups in total. The highest BCUT2D eigenvalue weighted by atomic mass is 16.7. The summed E-state index contributed by atoms with van der Waals surface area (Å²) in [6.07, 6.45) is -0.847. The third kappa shape index (κ3) is 2.83. The summed E-state index contributed by atoms with van der Waals surface area (Å²) in [6, 6.07) is 10.5. The molecule has 2 aromatic carbocycles. The van der Waals surface area contributed by atoms with Crippen molar-refractivity contribution in [2.75, 3.05) is 24.9 Å². The normalized spacial score (nSPS) is 13.8. The highest BCUT2D eigenvalue weighted by molar-refractivity contribution is 5.94. The lowest BCUT2D eigenvalue weighted by atomic mass is 10.1. The van der Waals surface area contributed by atoms with Crippen molar-refractivity contribution < 1.29 is 19.3 Å². The second kappa shape index (κ2) is 5.99. The molecule has 8 nitrogen and oxygen atoms in total. The zero-order valence-corrected chi connectivity index (χ0v) is 13.2. The molecular weight excluding hydrogens is 324 g/mol. The van der Waals surface area contributed by atoms with Crippen LogP contribution in [0, 0.1) is 0 Å². The highest BCUT2D eigenvalue weighted by Crippen LogP contribution is 2.35. The minimum Gasteiger partial charge on any atom is -0.490 e. The monoisotopic (exact) mass is 340 g/mol. The van der Waals surface area contributed by atoms with E-state index < -0.39 is 6.10 Å². The molecule has 8 heteroatoms. The average Bonchev–Trinajstić information content (AvgIpc) is 3.06. The van der Waals surface area contributed by atoms with Crippen molar-refractivity contribution in [1.29, 1.82) is 0 Å². The van der Waals surface area contributed by atoms with Crippen LogP contribution < -0.4 is 25.7 Å². The largest absolute Gasteiger partial charge is 0.490 e. The van der Waals surface area contributed by atoms with E-state index in [4.69, 9.17) is 25.7 Å². The Kier molecular flexibility index (Phi) is 3.66. The molecule has 0 bridgehead atoms. The molecule has 25 heavy (non-hydrogen) atoms. The summed E-state index contributed by atoms with van der Waals surface area (Å²) in [5.41, 5.74) is 12.8. The van der Waals surface area contributed by atoms with E-state index >= 15 is 0 Å². The number of benzene rings is 2. The number of nitrogens with two attached hydrogens (primary N) is 2. The second-order valence-electron chi connectivity index (χ2n) is 5.56. The van der Waals surface area contributed by atoms with E-state index in [0.29, 0.717) is 33.7 Å². The number of aliphatic hydroxyl groups is 1. The highest BCUT2D eigenvalue weighted by Gasteiger charge is 2.18. The van der Waals surface area contributed by atoms with E-state index in [-0.39, 0.29) is 25.2 Å². The van der Waals surface area contributed by atoms with Crippen molar-refractivity contribution in [2.45, 2.75) is 6.10 Å². The van der Waals surface area contributed by atoms with Crippen LogP contribution >= 0.6 is 0 Å². The lowest BCUT2D eigenvalue weighted by Gasteiger charge is -2.15. The molecule has 2 heterocycles. The standard InChI is InChI=1S/C17H16N4O4/c18-16-15-10(20-17(19)21-16)2-1-3-13(15)23-7-11(22)9-4-5-12-14(6-9)25-8-24-12/h1-6,11,22H,7-8H2,(H4,18,19,20,21). The molecule has 4 rings (SSSR count). The first kappa shape index (κ1) is 15.3. The molecule has 3 aromatic rings. The topological polar surface area (TPSA) is 126 Å². The van der Waals surface area contributed by atoms with E-state index in [1.165, 1.54) is 0 Å². The fraction of sp³-hybridized carbons (Fsp3) is 0.176. The maximum absolute atomic E-state index is 10.4. The molecule has 1 aromatic heterocycles. The van der Waals surface area contributed by atoms with Crippen LogP contribution in [0.5, 0.6) is 17.2 Å². The van der Waals surface area contributed by atoms with Crippen LogP contribution in [0.15, 0.2) is 36.4 Å². The number of nitrogen functional groups attached to an aromatic ring is 2. The Morgan fingerprint density at radius 3 is 2.84 bits per heavy atom. The van der Waals surface area contributed by atoms with Crippen molar-refractivity contribution in [2.24, 2.45) is 0 Å². The fourth-order valence-corrected chi connectivity index (χ4v) is 2.70. The van der Waals surface area contributed by atoms with Crippen molar-refractivity contribution >= 4 is 22.7 Å². The van der Waals surface area contributed by atoms with Gasteiger partial charge in [-0.05, 0) is 29.8 Å². The van der Waals surface area contributed by atoms with Crippen LogP contribution in [0.2, 0.25) is 0 Å². The minimum absolute atomic E-state index is 0.0303. The smallest absolute Gasteiger partial charge is 0.231 e. The molecule has 1 aliphatic rings. The van der Waals surface area contributed by atoms with E-state index in [0.717, 1.165) is 0 Å². The van der Waals surface area contributed by atoms with Gasteiger partial charge in [0.05, 0.1) is 10.9 Å². The van der Waals surface area contributed by atoms with Gasteiger partial charge >= 0.3 is 0 Å². The summed E-state index contributed by atoms with van der Waals surface area (Å²) in [4.78, 5) is 8.09. The zero-order chi connectivity index (χ0) is 17.4. The molecular formula is C17H16N4O4. The van der Waals surface area contributed by atoms with E-state index in [1.807, 2.05) is 0 Å². The first-order chi connectivity index (χ1) is 12.1. The molecule has 0 radical (unpaired) electrons. The average molecular weight is 340 g/mol. The number of hydrogen-bond donors (Lipinski definition) is 3. The first-order valence-corrected chi connectivity index (χ1v) is 7.64. The number of hydrogen-bond acceptors (Lipinski definition) is 8. The van der Waals surface area contributed by atoms with Crippen LogP contribution in [-0.4, -0.2) is 28.5 Å². The fourth-order valence-electron chi connectivity index (χ4n) is 2.70. The Bertz CT molecular complexity index is 947.